The Morgan fingerprint density at radius 2 is 1.96 bits per heavy atom. The van der Waals surface area contributed by atoms with Crippen LogP contribution in [0.2, 0.25) is 0 Å². The lowest BCUT2D eigenvalue weighted by atomic mass is 9.86. The molecule has 0 bridgehead atoms. The van der Waals surface area contributed by atoms with Crippen LogP contribution in [-0.2, 0) is 26.2 Å². The molecule has 0 spiro atoms. The second kappa shape index (κ2) is 7.25. The van der Waals surface area contributed by atoms with Crippen LogP contribution in [0.15, 0.2) is 18.2 Å². The monoisotopic (exact) mass is 345 g/mol. The molecular formula is C19H27N3O3. The van der Waals surface area contributed by atoms with Gasteiger partial charge >= 0.3 is 0 Å². The number of fused-ring (bicyclic) bond motifs is 1. The third-order valence-electron chi connectivity index (χ3n) is 4.46. The normalized spacial score (nSPS) is 14.8. The lowest BCUT2D eigenvalue weighted by Gasteiger charge is -2.25. The number of anilines is 1. The quantitative estimate of drug-likeness (QED) is 0.850. The summed E-state index contributed by atoms with van der Waals surface area (Å²) >= 11 is 0. The van der Waals surface area contributed by atoms with E-state index in [0.29, 0.717) is 6.54 Å². The zero-order chi connectivity index (χ0) is 18.8. The van der Waals surface area contributed by atoms with Crippen molar-refractivity contribution in [1.82, 2.24) is 5.32 Å². The molecule has 2 rings (SSSR count). The van der Waals surface area contributed by atoms with Gasteiger partial charge in [0.2, 0.25) is 17.7 Å². The van der Waals surface area contributed by atoms with Crippen molar-refractivity contribution in [3.63, 3.8) is 0 Å². The molecule has 3 amide bonds. The number of hydrogen-bond acceptors (Lipinski definition) is 3. The van der Waals surface area contributed by atoms with Gasteiger partial charge in [-0.1, -0.05) is 32.9 Å². The molecule has 0 aromatic heterocycles. The van der Waals surface area contributed by atoms with E-state index in [-0.39, 0.29) is 30.1 Å². The highest BCUT2D eigenvalue weighted by Gasteiger charge is 2.31. The van der Waals surface area contributed by atoms with Gasteiger partial charge in [0.05, 0.1) is 0 Å². The first-order valence-electron chi connectivity index (χ1n) is 8.60. The Morgan fingerprint density at radius 3 is 2.52 bits per heavy atom. The van der Waals surface area contributed by atoms with E-state index in [1.165, 1.54) is 12.5 Å². The van der Waals surface area contributed by atoms with E-state index in [0.717, 1.165) is 17.7 Å². The van der Waals surface area contributed by atoms with E-state index < -0.39 is 11.9 Å². The number of nitrogens with zero attached hydrogens (tertiary/aromatic N) is 1. The topological polar surface area (TPSA) is 92.5 Å². The Hall–Kier alpha value is -2.37. The van der Waals surface area contributed by atoms with Crippen LogP contribution in [-0.4, -0.2) is 30.3 Å². The number of carbonyl (C=O) groups excluding carboxylic acids is 3. The highest BCUT2D eigenvalue weighted by Crippen LogP contribution is 2.33. The number of rotatable bonds is 5. The molecule has 0 saturated heterocycles. The SMILES string of the molecule is CC(=O)N[C@@H](CCC(N)=O)C(=O)N1CCc2cc(C(C)(C)C)ccc21. The Labute approximate surface area is 148 Å². The lowest BCUT2D eigenvalue weighted by molar-refractivity contribution is -0.127. The maximum absolute atomic E-state index is 12.9. The van der Waals surface area contributed by atoms with E-state index in [2.05, 4.69) is 32.2 Å². The first-order chi connectivity index (χ1) is 11.6. The minimum absolute atomic E-state index is 0.0483. The van der Waals surface area contributed by atoms with E-state index in [1.54, 1.807) is 4.90 Å². The van der Waals surface area contributed by atoms with Gasteiger partial charge in [-0.15, -0.1) is 0 Å². The first-order valence-corrected chi connectivity index (χ1v) is 8.60. The van der Waals surface area contributed by atoms with Crippen molar-refractivity contribution < 1.29 is 14.4 Å². The average molecular weight is 345 g/mol. The van der Waals surface area contributed by atoms with Gasteiger partial charge in [-0.2, -0.15) is 0 Å². The summed E-state index contributed by atoms with van der Waals surface area (Å²) in [6.45, 7) is 8.40. The average Bonchev–Trinajstić information content (AvgIpc) is 2.92. The minimum atomic E-state index is -0.738. The minimum Gasteiger partial charge on any atom is -0.370 e. The summed E-state index contributed by atoms with van der Waals surface area (Å²) in [4.78, 5) is 37.1. The van der Waals surface area contributed by atoms with Crippen LogP contribution in [0, 0.1) is 0 Å². The van der Waals surface area contributed by atoms with Gasteiger partial charge < -0.3 is 16.0 Å². The molecule has 136 valence electrons. The largest absolute Gasteiger partial charge is 0.370 e. The Bertz CT molecular complexity index is 692. The molecule has 0 aliphatic carbocycles. The number of primary amides is 1. The lowest BCUT2D eigenvalue weighted by Crippen LogP contribution is -2.48. The molecule has 1 aliphatic heterocycles. The number of carbonyl (C=O) groups is 3. The van der Waals surface area contributed by atoms with Crippen LogP contribution in [0.4, 0.5) is 5.69 Å². The summed E-state index contributed by atoms with van der Waals surface area (Å²) in [5.74, 6) is -0.983. The van der Waals surface area contributed by atoms with Gasteiger partial charge in [-0.25, -0.2) is 0 Å². The van der Waals surface area contributed by atoms with E-state index in [1.807, 2.05) is 12.1 Å². The number of amides is 3. The molecule has 1 heterocycles. The van der Waals surface area contributed by atoms with Gasteiger partial charge in [0.1, 0.15) is 6.04 Å². The molecule has 1 aliphatic rings. The van der Waals surface area contributed by atoms with Crippen LogP contribution < -0.4 is 16.0 Å². The van der Waals surface area contributed by atoms with Crippen molar-refractivity contribution in [2.24, 2.45) is 5.73 Å². The van der Waals surface area contributed by atoms with Crippen LogP contribution in [0.1, 0.15) is 51.7 Å². The molecule has 0 unspecified atom stereocenters. The van der Waals surface area contributed by atoms with Crippen molar-refractivity contribution in [3.05, 3.63) is 29.3 Å². The molecule has 1 aromatic carbocycles. The Morgan fingerprint density at radius 1 is 1.28 bits per heavy atom. The number of nitrogens with one attached hydrogen (secondary N) is 1. The fourth-order valence-electron chi connectivity index (χ4n) is 3.07. The van der Waals surface area contributed by atoms with Gasteiger partial charge in [0.25, 0.3) is 0 Å². The van der Waals surface area contributed by atoms with Crippen molar-refractivity contribution >= 4 is 23.4 Å². The number of hydrogen-bond donors (Lipinski definition) is 2. The summed E-state index contributed by atoms with van der Waals surface area (Å²) < 4.78 is 0. The first kappa shape index (κ1) is 19.0. The summed E-state index contributed by atoms with van der Waals surface area (Å²) in [5, 5.41) is 2.64. The molecular weight excluding hydrogens is 318 g/mol. The zero-order valence-corrected chi connectivity index (χ0v) is 15.4. The molecule has 0 radical (unpaired) electrons. The fraction of sp³-hybridized carbons (Fsp3) is 0.526. The zero-order valence-electron chi connectivity index (χ0n) is 15.4. The van der Waals surface area contributed by atoms with Crippen molar-refractivity contribution in [3.8, 4) is 0 Å². The van der Waals surface area contributed by atoms with E-state index in [9.17, 15) is 14.4 Å². The summed E-state index contributed by atoms with van der Waals surface area (Å²) in [7, 11) is 0. The Balaban J connectivity index is 2.22. The van der Waals surface area contributed by atoms with Crippen LogP contribution >= 0.6 is 0 Å². The summed E-state index contributed by atoms with van der Waals surface area (Å²) in [6.07, 6.45) is 1.05. The van der Waals surface area contributed by atoms with E-state index >= 15 is 0 Å². The third-order valence-corrected chi connectivity index (χ3v) is 4.46. The maximum atomic E-state index is 12.9. The molecule has 6 nitrogen and oxygen atoms in total. The van der Waals surface area contributed by atoms with Crippen LogP contribution in [0.5, 0.6) is 0 Å². The second-order valence-electron chi connectivity index (χ2n) is 7.59. The van der Waals surface area contributed by atoms with Gasteiger partial charge in [0, 0.05) is 25.6 Å². The highest BCUT2D eigenvalue weighted by atomic mass is 16.2. The van der Waals surface area contributed by atoms with Gasteiger partial charge in [-0.3, -0.25) is 14.4 Å². The van der Waals surface area contributed by atoms with E-state index in [4.69, 9.17) is 5.73 Å². The Kier molecular flexibility index (Phi) is 5.50. The van der Waals surface area contributed by atoms with Crippen LogP contribution in [0.3, 0.4) is 0 Å². The second-order valence-corrected chi connectivity index (χ2v) is 7.59. The number of benzene rings is 1. The van der Waals surface area contributed by atoms with Crippen molar-refractivity contribution in [2.75, 3.05) is 11.4 Å². The fourth-order valence-corrected chi connectivity index (χ4v) is 3.07. The van der Waals surface area contributed by atoms with Crippen molar-refractivity contribution in [2.45, 2.75) is 58.4 Å². The molecule has 0 fully saturated rings. The number of nitrogens with two attached hydrogens (primary N) is 1. The molecule has 1 atom stereocenters. The molecule has 1 aromatic rings. The molecule has 25 heavy (non-hydrogen) atoms. The van der Waals surface area contributed by atoms with Gasteiger partial charge in [-0.05, 0) is 35.4 Å². The summed E-state index contributed by atoms with van der Waals surface area (Å²) in [5.41, 5.74) is 8.48. The predicted octanol–water partition coefficient (Wildman–Crippen LogP) is 1.64. The predicted molar refractivity (Wildman–Crippen MR) is 97.2 cm³/mol. The molecule has 0 saturated carbocycles. The third kappa shape index (κ3) is 4.59. The summed E-state index contributed by atoms with van der Waals surface area (Å²) in [6, 6.07) is 5.43. The molecule has 6 heteroatoms. The van der Waals surface area contributed by atoms with Crippen LogP contribution in [0.25, 0.3) is 0 Å². The highest BCUT2D eigenvalue weighted by molar-refractivity contribution is 6.00. The maximum Gasteiger partial charge on any atom is 0.249 e. The van der Waals surface area contributed by atoms with Gasteiger partial charge in [0.15, 0.2) is 0 Å². The molecule has 3 N–H and O–H groups in total. The van der Waals surface area contributed by atoms with Crippen molar-refractivity contribution in [1.29, 1.82) is 0 Å². The standard InChI is InChI=1S/C19H27N3O3/c1-12(23)21-15(6-8-17(20)24)18(25)22-10-9-13-11-14(19(2,3)4)5-7-16(13)22/h5,7,11,15H,6,8-10H2,1-4H3,(H2,20,24)(H,21,23)/t15-/m0/s1. The smallest absolute Gasteiger partial charge is 0.249 e.